The molecule has 1 aromatic carbocycles. The Bertz CT molecular complexity index is 844. The minimum Gasteiger partial charge on any atom is -0.472 e. The van der Waals surface area contributed by atoms with Gasteiger partial charge in [0, 0.05) is 41.4 Å². The summed E-state index contributed by atoms with van der Waals surface area (Å²) in [5.74, 6) is 0. The summed E-state index contributed by atoms with van der Waals surface area (Å²) < 4.78 is 6.78. The van der Waals surface area contributed by atoms with Crippen molar-refractivity contribution in [2.24, 2.45) is 0 Å². The second-order valence-electron chi connectivity index (χ2n) is 6.15. The number of fused-ring (bicyclic) bond motifs is 1. The molecule has 0 spiro atoms. The smallest absolute Gasteiger partial charge is 0.270 e. The summed E-state index contributed by atoms with van der Waals surface area (Å²) in [5.41, 5.74) is 1.29. The Morgan fingerprint density at radius 2 is 2.22 bits per heavy atom. The summed E-state index contributed by atoms with van der Waals surface area (Å²) in [6.45, 7) is 3.99. The molecule has 120 valence electrons. The van der Waals surface area contributed by atoms with Crippen molar-refractivity contribution in [3.63, 3.8) is 0 Å². The largest absolute Gasteiger partial charge is 0.472 e. The van der Waals surface area contributed by atoms with Crippen molar-refractivity contribution in [1.29, 1.82) is 0 Å². The SMILES string of the molecule is CC(C)(O)CCn1cc2cc([N+](=O)[O-])cc(-c3ccoc3)c2n1. The van der Waals surface area contributed by atoms with Crippen LogP contribution in [0.3, 0.4) is 0 Å². The lowest BCUT2D eigenvalue weighted by Crippen LogP contribution is -2.21. The molecule has 0 fully saturated rings. The average Bonchev–Trinajstić information content (AvgIpc) is 3.12. The number of hydrogen-bond acceptors (Lipinski definition) is 5. The molecule has 2 aromatic heterocycles. The molecule has 2 heterocycles. The van der Waals surface area contributed by atoms with Gasteiger partial charge in [0.1, 0.15) is 5.52 Å². The standard InChI is InChI=1S/C16H17N3O4/c1-16(2,20)4-5-18-9-12-7-13(19(21)22)8-14(15(12)17-18)11-3-6-23-10-11/h3,6-10,20H,4-5H2,1-2H3. The number of nitrogens with zero attached hydrogens (tertiary/aromatic N) is 3. The van der Waals surface area contributed by atoms with Gasteiger partial charge in [0.25, 0.3) is 5.69 Å². The van der Waals surface area contributed by atoms with Gasteiger partial charge in [-0.15, -0.1) is 0 Å². The van der Waals surface area contributed by atoms with Crippen LogP contribution >= 0.6 is 0 Å². The van der Waals surface area contributed by atoms with E-state index in [-0.39, 0.29) is 5.69 Å². The van der Waals surface area contributed by atoms with E-state index in [9.17, 15) is 15.2 Å². The van der Waals surface area contributed by atoms with E-state index in [1.165, 1.54) is 24.7 Å². The van der Waals surface area contributed by atoms with Crippen molar-refractivity contribution in [2.75, 3.05) is 0 Å². The lowest BCUT2D eigenvalue weighted by molar-refractivity contribution is -0.384. The maximum Gasteiger partial charge on any atom is 0.270 e. The van der Waals surface area contributed by atoms with Gasteiger partial charge >= 0.3 is 0 Å². The third-order valence-corrected chi connectivity index (χ3v) is 3.64. The molecular formula is C16H17N3O4. The molecule has 7 heteroatoms. The lowest BCUT2D eigenvalue weighted by Gasteiger charge is -2.16. The van der Waals surface area contributed by atoms with E-state index < -0.39 is 10.5 Å². The zero-order valence-corrected chi connectivity index (χ0v) is 12.9. The zero-order chi connectivity index (χ0) is 16.6. The van der Waals surface area contributed by atoms with Gasteiger partial charge < -0.3 is 9.52 Å². The fraction of sp³-hybridized carbons (Fsp3) is 0.312. The van der Waals surface area contributed by atoms with Crippen LogP contribution in [0, 0.1) is 10.1 Å². The number of benzene rings is 1. The first-order valence-corrected chi connectivity index (χ1v) is 7.24. The Kier molecular flexibility index (Phi) is 3.65. The molecule has 0 aliphatic heterocycles. The number of nitro benzene ring substituents is 1. The molecule has 0 radical (unpaired) electrons. The topological polar surface area (TPSA) is 94.3 Å². The van der Waals surface area contributed by atoms with Crippen LogP contribution in [-0.4, -0.2) is 25.4 Å². The Balaban J connectivity index is 2.09. The highest BCUT2D eigenvalue weighted by Crippen LogP contribution is 2.32. The molecule has 7 nitrogen and oxygen atoms in total. The van der Waals surface area contributed by atoms with E-state index in [0.717, 1.165) is 5.56 Å². The first-order chi connectivity index (χ1) is 10.8. The number of rotatable bonds is 5. The minimum absolute atomic E-state index is 0.00994. The first-order valence-electron chi connectivity index (χ1n) is 7.24. The number of aryl methyl sites for hydroxylation is 1. The molecule has 0 saturated heterocycles. The quantitative estimate of drug-likeness (QED) is 0.575. The molecule has 3 aromatic rings. The summed E-state index contributed by atoms with van der Waals surface area (Å²) in [4.78, 5) is 10.7. The maximum atomic E-state index is 11.2. The van der Waals surface area contributed by atoms with Gasteiger partial charge in [-0.3, -0.25) is 14.8 Å². The molecule has 0 bridgehead atoms. The van der Waals surface area contributed by atoms with Gasteiger partial charge in [0.05, 0.1) is 23.1 Å². The van der Waals surface area contributed by atoms with Crippen molar-refractivity contribution in [2.45, 2.75) is 32.4 Å². The Hall–Kier alpha value is -2.67. The molecule has 1 N–H and O–H groups in total. The number of non-ortho nitro benzene ring substituents is 1. The fourth-order valence-electron chi connectivity index (χ4n) is 2.41. The Morgan fingerprint density at radius 3 is 2.83 bits per heavy atom. The molecule has 0 atom stereocenters. The van der Waals surface area contributed by atoms with E-state index in [1.807, 2.05) is 0 Å². The van der Waals surface area contributed by atoms with Crippen molar-refractivity contribution >= 4 is 16.6 Å². The predicted octanol–water partition coefficient (Wildman–Crippen LogP) is 3.37. The average molecular weight is 315 g/mol. The molecule has 0 unspecified atom stereocenters. The van der Waals surface area contributed by atoms with Crippen LogP contribution in [0.2, 0.25) is 0 Å². The van der Waals surface area contributed by atoms with Crippen molar-refractivity contribution in [3.8, 4) is 11.1 Å². The van der Waals surface area contributed by atoms with Crippen LogP contribution in [0.15, 0.2) is 41.3 Å². The van der Waals surface area contributed by atoms with Gasteiger partial charge in [-0.1, -0.05) is 0 Å². The van der Waals surface area contributed by atoms with E-state index in [4.69, 9.17) is 4.42 Å². The number of aromatic nitrogens is 2. The maximum absolute atomic E-state index is 11.2. The molecule has 0 amide bonds. The Morgan fingerprint density at radius 1 is 1.43 bits per heavy atom. The molecule has 0 saturated carbocycles. The van der Waals surface area contributed by atoms with Crippen molar-refractivity contribution in [3.05, 3.63) is 47.0 Å². The van der Waals surface area contributed by atoms with Gasteiger partial charge in [-0.25, -0.2) is 0 Å². The molecule has 0 aliphatic carbocycles. The second-order valence-corrected chi connectivity index (χ2v) is 6.15. The van der Waals surface area contributed by atoms with E-state index in [0.29, 0.717) is 29.4 Å². The summed E-state index contributed by atoms with van der Waals surface area (Å²) in [5, 5.41) is 26.2. The number of nitro groups is 1. The number of furan rings is 1. The van der Waals surface area contributed by atoms with Crippen LogP contribution in [0.5, 0.6) is 0 Å². The van der Waals surface area contributed by atoms with Gasteiger partial charge in [0.2, 0.25) is 0 Å². The highest BCUT2D eigenvalue weighted by molar-refractivity contribution is 5.95. The van der Waals surface area contributed by atoms with Crippen LogP contribution in [0.4, 0.5) is 5.69 Å². The summed E-state index contributed by atoms with van der Waals surface area (Å²) in [7, 11) is 0. The Labute approximate surface area is 132 Å². The van der Waals surface area contributed by atoms with Crippen LogP contribution in [-0.2, 0) is 6.54 Å². The lowest BCUT2D eigenvalue weighted by atomic mass is 10.1. The molecule has 23 heavy (non-hydrogen) atoms. The fourth-order valence-corrected chi connectivity index (χ4v) is 2.41. The molecule has 3 rings (SSSR count). The van der Waals surface area contributed by atoms with E-state index in [1.54, 1.807) is 30.8 Å². The summed E-state index contributed by atoms with van der Waals surface area (Å²) in [6.07, 6.45) is 5.35. The molecular weight excluding hydrogens is 298 g/mol. The van der Waals surface area contributed by atoms with Gasteiger partial charge in [0.15, 0.2) is 0 Å². The monoisotopic (exact) mass is 315 g/mol. The van der Waals surface area contributed by atoms with E-state index in [2.05, 4.69) is 5.10 Å². The van der Waals surface area contributed by atoms with Gasteiger partial charge in [-0.05, 0) is 26.3 Å². The predicted molar refractivity (Wildman–Crippen MR) is 85.0 cm³/mol. The van der Waals surface area contributed by atoms with Crippen LogP contribution in [0.1, 0.15) is 20.3 Å². The third-order valence-electron chi connectivity index (χ3n) is 3.64. The molecule has 0 aliphatic rings. The summed E-state index contributed by atoms with van der Waals surface area (Å²) >= 11 is 0. The number of aliphatic hydroxyl groups is 1. The van der Waals surface area contributed by atoms with Crippen molar-refractivity contribution < 1.29 is 14.4 Å². The van der Waals surface area contributed by atoms with E-state index >= 15 is 0 Å². The highest BCUT2D eigenvalue weighted by atomic mass is 16.6. The highest BCUT2D eigenvalue weighted by Gasteiger charge is 2.18. The minimum atomic E-state index is -0.794. The van der Waals surface area contributed by atoms with Gasteiger partial charge in [-0.2, -0.15) is 5.10 Å². The van der Waals surface area contributed by atoms with Crippen LogP contribution in [0.25, 0.3) is 22.0 Å². The third kappa shape index (κ3) is 3.24. The second kappa shape index (κ2) is 5.51. The zero-order valence-electron chi connectivity index (χ0n) is 12.9. The van der Waals surface area contributed by atoms with Crippen molar-refractivity contribution in [1.82, 2.24) is 9.78 Å². The van der Waals surface area contributed by atoms with Crippen LogP contribution < -0.4 is 0 Å². The first kappa shape index (κ1) is 15.2. The summed E-state index contributed by atoms with van der Waals surface area (Å²) in [6, 6.07) is 4.75. The normalized spacial score (nSPS) is 12.0. The number of hydrogen-bond donors (Lipinski definition) is 1.